The van der Waals surface area contributed by atoms with Crippen LogP contribution in [-0.2, 0) is 0 Å². The number of guanidine groups is 1. The molecule has 24 heavy (non-hydrogen) atoms. The second-order valence-corrected chi connectivity index (χ2v) is 7.28. The van der Waals surface area contributed by atoms with Gasteiger partial charge in [-0.3, -0.25) is 4.99 Å². The number of hydrogen-bond acceptors (Lipinski definition) is 3. The number of aromatic nitrogens is 1. The first-order valence-electron chi connectivity index (χ1n) is 8.98. The lowest BCUT2D eigenvalue weighted by Crippen LogP contribution is -2.41. The minimum absolute atomic E-state index is 0. The zero-order valence-corrected chi connectivity index (χ0v) is 17.7. The average Bonchev–Trinajstić information content (AvgIpc) is 3.11. The second kappa shape index (κ2) is 8.54. The molecular weight excluding hydrogens is 415 g/mol. The van der Waals surface area contributed by atoms with Gasteiger partial charge >= 0.3 is 0 Å². The van der Waals surface area contributed by atoms with E-state index in [0.29, 0.717) is 5.92 Å². The van der Waals surface area contributed by atoms with Crippen LogP contribution >= 0.6 is 24.0 Å². The molecule has 0 radical (unpaired) electrons. The van der Waals surface area contributed by atoms with Crippen molar-refractivity contribution in [1.82, 2.24) is 15.4 Å². The third kappa shape index (κ3) is 4.06. The van der Waals surface area contributed by atoms with E-state index in [0.717, 1.165) is 35.8 Å². The minimum Gasteiger partial charge on any atom is -0.361 e. The Balaban J connectivity index is 0.00000208. The van der Waals surface area contributed by atoms with E-state index in [-0.39, 0.29) is 24.0 Å². The molecule has 5 nitrogen and oxygen atoms in total. The van der Waals surface area contributed by atoms with Gasteiger partial charge in [-0.2, -0.15) is 0 Å². The number of rotatable bonds is 3. The molecule has 6 heteroatoms. The van der Waals surface area contributed by atoms with Gasteiger partial charge in [0, 0.05) is 38.2 Å². The zero-order chi connectivity index (χ0) is 16.4. The third-order valence-electron chi connectivity index (χ3n) is 5.64. The lowest BCUT2D eigenvalue weighted by atomic mass is 9.82. The molecule has 3 atom stereocenters. The van der Waals surface area contributed by atoms with E-state index in [2.05, 4.69) is 27.3 Å². The first kappa shape index (κ1) is 19.5. The summed E-state index contributed by atoms with van der Waals surface area (Å²) in [7, 11) is 1.89. The Morgan fingerprint density at radius 3 is 2.42 bits per heavy atom. The molecule has 1 aromatic rings. The molecule has 1 saturated carbocycles. The zero-order valence-electron chi connectivity index (χ0n) is 15.3. The molecule has 136 valence electrons. The number of fused-ring (bicyclic) bond motifs is 1. The number of hydrogen-bond donors (Lipinski definition) is 1. The van der Waals surface area contributed by atoms with Gasteiger partial charge in [0.25, 0.3) is 0 Å². The molecule has 1 aliphatic carbocycles. The first-order chi connectivity index (χ1) is 11.1. The van der Waals surface area contributed by atoms with E-state index in [9.17, 15) is 0 Å². The van der Waals surface area contributed by atoms with Gasteiger partial charge in [0.05, 0.1) is 5.69 Å². The van der Waals surface area contributed by atoms with Gasteiger partial charge in [-0.05, 0) is 38.5 Å². The Morgan fingerprint density at radius 1 is 1.29 bits per heavy atom. The molecule has 3 rings (SSSR count). The normalized spacial score (nSPS) is 25.2. The van der Waals surface area contributed by atoms with Crippen LogP contribution in [0.4, 0.5) is 0 Å². The number of likely N-dealkylation sites (tertiary alicyclic amines) is 1. The largest absolute Gasteiger partial charge is 0.361 e. The summed E-state index contributed by atoms with van der Waals surface area (Å²) in [5, 5.41) is 7.64. The molecule has 1 N–H and O–H groups in total. The average molecular weight is 446 g/mol. The molecule has 2 fully saturated rings. The predicted octanol–water partition coefficient (Wildman–Crippen LogP) is 3.71. The fourth-order valence-corrected chi connectivity index (χ4v) is 4.45. The Bertz CT molecular complexity index is 538. The van der Waals surface area contributed by atoms with E-state index < -0.39 is 0 Å². The van der Waals surface area contributed by atoms with E-state index in [1.165, 1.54) is 44.3 Å². The molecule has 0 spiro atoms. The smallest absolute Gasteiger partial charge is 0.193 e. The third-order valence-corrected chi connectivity index (χ3v) is 5.64. The summed E-state index contributed by atoms with van der Waals surface area (Å²) >= 11 is 0. The van der Waals surface area contributed by atoms with Crippen molar-refractivity contribution in [2.75, 3.05) is 26.7 Å². The van der Waals surface area contributed by atoms with Crippen molar-refractivity contribution in [1.29, 1.82) is 0 Å². The van der Waals surface area contributed by atoms with Gasteiger partial charge in [0.15, 0.2) is 5.96 Å². The van der Waals surface area contributed by atoms with Gasteiger partial charge in [-0.25, -0.2) is 0 Å². The summed E-state index contributed by atoms with van der Waals surface area (Å²) in [6.45, 7) is 9.43. The molecule has 2 aliphatic rings. The molecule has 1 saturated heterocycles. The molecule has 2 heterocycles. The molecule has 0 amide bonds. The van der Waals surface area contributed by atoms with Crippen molar-refractivity contribution >= 4 is 29.9 Å². The van der Waals surface area contributed by atoms with Crippen LogP contribution < -0.4 is 5.32 Å². The second-order valence-electron chi connectivity index (χ2n) is 7.28. The SMILES string of the molecule is CN=C(NCC(C)c1c(C)noc1C)N1CC2CCCCC2C1.I. The Hall–Kier alpha value is -0.790. The fourth-order valence-electron chi connectivity index (χ4n) is 4.45. The van der Waals surface area contributed by atoms with Crippen LogP contribution in [0.5, 0.6) is 0 Å². The van der Waals surface area contributed by atoms with E-state index in [1.807, 2.05) is 20.9 Å². The lowest BCUT2D eigenvalue weighted by Gasteiger charge is -2.23. The highest BCUT2D eigenvalue weighted by atomic mass is 127. The topological polar surface area (TPSA) is 53.7 Å². The molecule has 0 bridgehead atoms. The van der Waals surface area contributed by atoms with E-state index in [4.69, 9.17) is 4.52 Å². The minimum atomic E-state index is 0. The highest BCUT2D eigenvalue weighted by Crippen LogP contribution is 2.36. The fraction of sp³-hybridized carbons (Fsp3) is 0.778. The van der Waals surface area contributed by atoms with Crippen LogP contribution in [0.3, 0.4) is 0 Å². The number of aliphatic imine (C=N–C) groups is 1. The van der Waals surface area contributed by atoms with Crippen LogP contribution in [-0.4, -0.2) is 42.7 Å². The lowest BCUT2D eigenvalue weighted by molar-refractivity contribution is 0.299. The van der Waals surface area contributed by atoms with Gasteiger partial charge < -0.3 is 14.7 Å². The molecule has 0 aromatic carbocycles. The highest BCUT2D eigenvalue weighted by Gasteiger charge is 2.35. The number of nitrogens with one attached hydrogen (secondary N) is 1. The molecular formula is C18H31IN4O. The Kier molecular flexibility index (Phi) is 6.95. The number of nitrogens with zero attached hydrogens (tertiary/aromatic N) is 3. The number of halogens is 1. The maximum absolute atomic E-state index is 5.30. The summed E-state index contributed by atoms with van der Waals surface area (Å²) in [4.78, 5) is 6.98. The van der Waals surface area contributed by atoms with Gasteiger partial charge in [0.1, 0.15) is 5.76 Å². The standard InChI is InChI=1S/C18H30N4O.HI/c1-12(17-13(2)21-23-14(17)3)9-20-18(19-4)22-10-15-7-5-6-8-16(15)11-22;/h12,15-16H,5-11H2,1-4H3,(H,19,20);1H. The summed E-state index contributed by atoms with van der Waals surface area (Å²) in [6, 6.07) is 0. The highest BCUT2D eigenvalue weighted by molar-refractivity contribution is 14.0. The van der Waals surface area contributed by atoms with Crippen LogP contribution in [0.15, 0.2) is 9.52 Å². The number of aryl methyl sites for hydroxylation is 2. The van der Waals surface area contributed by atoms with Crippen LogP contribution in [0.2, 0.25) is 0 Å². The van der Waals surface area contributed by atoms with E-state index in [1.54, 1.807) is 0 Å². The first-order valence-corrected chi connectivity index (χ1v) is 8.98. The summed E-state index contributed by atoms with van der Waals surface area (Å²) in [5.41, 5.74) is 2.22. The van der Waals surface area contributed by atoms with Crippen LogP contribution in [0, 0.1) is 25.7 Å². The monoisotopic (exact) mass is 446 g/mol. The quantitative estimate of drug-likeness (QED) is 0.437. The van der Waals surface area contributed by atoms with Gasteiger partial charge in [0.2, 0.25) is 0 Å². The van der Waals surface area contributed by atoms with Gasteiger partial charge in [-0.15, -0.1) is 24.0 Å². The van der Waals surface area contributed by atoms with Crippen molar-refractivity contribution in [3.05, 3.63) is 17.0 Å². The van der Waals surface area contributed by atoms with Crippen LogP contribution in [0.25, 0.3) is 0 Å². The maximum Gasteiger partial charge on any atom is 0.193 e. The summed E-state index contributed by atoms with van der Waals surface area (Å²) < 4.78 is 5.30. The maximum atomic E-state index is 5.30. The predicted molar refractivity (Wildman–Crippen MR) is 108 cm³/mol. The summed E-state index contributed by atoms with van der Waals surface area (Å²) in [5.74, 6) is 4.10. The van der Waals surface area contributed by atoms with Crippen LogP contribution in [0.1, 0.15) is 55.5 Å². The van der Waals surface area contributed by atoms with Crippen molar-refractivity contribution in [2.45, 2.75) is 52.4 Å². The molecule has 1 aromatic heterocycles. The van der Waals surface area contributed by atoms with Gasteiger partial charge in [-0.1, -0.05) is 24.9 Å². The summed E-state index contributed by atoms with van der Waals surface area (Å²) in [6.07, 6.45) is 5.61. The van der Waals surface area contributed by atoms with Crippen molar-refractivity contribution in [3.8, 4) is 0 Å². The van der Waals surface area contributed by atoms with Crippen molar-refractivity contribution < 1.29 is 4.52 Å². The van der Waals surface area contributed by atoms with E-state index >= 15 is 0 Å². The Labute approximate surface area is 162 Å². The molecule has 1 aliphatic heterocycles. The molecule has 3 unspecified atom stereocenters. The van der Waals surface area contributed by atoms with Crippen molar-refractivity contribution in [2.24, 2.45) is 16.8 Å². The van der Waals surface area contributed by atoms with Crippen molar-refractivity contribution in [3.63, 3.8) is 0 Å². The Morgan fingerprint density at radius 2 is 1.92 bits per heavy atom.